The van der Waals surface area contributed by atoms with E-state index in [-0.39, 0.29) is 6.42 Å². The van der Waals surface area contributed by atoms with Crippen molar-refractivity contribution in [1.29, 1.82) is 0 Å². The summed E-state index contributed by atoms with van der Waals surface area (Å²) in [5, 5.41) is 20.6. The summed E-state index contributed by atoms with van der Waals surface area (Å²) in [5.74, 6) is -7.61. The molecule has 0 saturated heterocycles. The molecule has 1 aliphatic carbocycles. The van der Waals surface area contributed by atoms with Crippen molar-refractivity contribution in [3.8, 4) is 0 Å². The molecule has 0 aromatic carbocycles. The van der Waals surface area contributed by atoms with E-state index in [4.69, 9.17) is 18.9 Å². The Labute approximate surface area is 150 Å². The van der Waals surface area contributed by atoms with Gasteiger partial charge in [0.15, 0.2) is 6.10 Å². The molecule has 0 aromatic heterocycles. The molecule has 148 valence electrons. The molecular formula is C16H24O10. The van der Waals surface area contributed by atoms with E-state index < -0.39 is 66.9 Å². The van der Waals surface area contributed by atoms with Crippen molar-refractivity contribution >= 4 is 23.9 Å². The number of hydrogen-bond donors (Lipinski definition) is 2. The van der Waals surface area contributed by atoms with Crippen LogP contribution in [0.15, 0.2) is 0 Å². The Hall–Kier alpha value is -2.20. The third-order valence-electron chi connectivity index (χ3n) is 4.01. The first-order valence-corrected chi connectivity index (χ1v) is 8.01. The highest BCUT2D eigenvalue weighted by Crippen LogP contribution is 2.42. The van der Waals surface area contributed by atoms with Crippen LogP contribution in [0.3, 0.4) is 0 Å². The molecule has 10 nitrogen and oxygen atoms in total. The van der Waals surface area contributed by atoms with Crippen LogP contribution in [0.2, 0.25) is 0 Å². The number of esters is 4. The van der Waals surface area contributed by atoms with Gasteiger partial charge in [-0.2, -0.15) is 0 Å². The molecule has 26 heavy (non-hydrogen) atoms. The summed E-state index contributed by atoms with van der Waals surface area (Å²) in [6.07, 6.45) is -2.44. The predicted octanol–water partition coefficient (Wildman–Crippen LogP) is -0.707. The molecule has 1 fully saturated rings. The lowest BCUT2D eigenvalue weighted by Gasteiger charge is -2.49. The van der Waals surface area contributed by atoms with Crippen LogP contribution in [0.1, 0.15) is 34.1 Å². The van der Waals surface area contributed by atoms with Crippen molar-refractivity contribution in [1.82, 2.24) is 0 Å². The monoisotopic (exact) mass is 376 g/mol. The van der Waals surface area contributed by atoms with Gasteiger partial charge < -0.3 is 29.2 Å². The van der Waals surface area contributed by atoms with Gasteiger partial charge in [0.05, 0.1) is 18.4 Å². The minimum Gasteiger partial charge on any atom is -0.465 e. The van der Waals surface area contributed by atoms with Gasteiger partial charge in [-0.15, -0.1) is 0 Å². The van der Waals surface area contributed by atoms with Gasteiger partial charge in [0.2, 0.25) is 5.79 Å². The van der Waals surface area contributed by atoms with Crippen molar-refractivity contribution in [2.75, 3.05) is 13.2 Å². The molecule has 4 unspecified atom stereocenters. The molecule has 0 spiro atoms. The highest BCUT2D eigenvalue weighted by Gasteiger charge is 2.59. The molecule has 1 aliphatic rings. The van der Waals surface area contributed by atoms with Gasteiger partial charge in [-0.3, -0.25) is 19.2 Å². The molecule has 0 aliphatic heterocycles. The zero-order valence-corrected chi connectivity index (χ0v) is 15.1. The Morgan fingerprint density at radius 2 is 1.54 bits per heavy atom. The maximum atomic E-state index is 11.5. The smallest absolute Gasteiger partial charge is 0.305 e. The molecule has 0 heterocycles. The average molecular weight is 376 g/mol. The van der Waals surface area contributed by atoms with Crippen LogP contribution < -0.4 is 0 Å². The zero-order chi connectivity index (χ0) is 20.1. The second-order valence-electron chi connectivity index (χ2n) is 6.09. The highest BCUT2D eigenvalue weighted by molar-refractivity contribution is 5.68. The van der Waals surface area contributed by atoms with Crippen LogP contribution in [0, 0.1) is 11.8 Å². The number of aliphatic hydroxyl groups excluding tert-OH is 1. The summed E-state index contributed by atoms with van der Waals surface area (Å²) < 4.78 is 20.3. The fourth-order valence-electron chi connectivity index (χ4n) is 3.07. The standard InChI is InChI=1S/C16H24O10/c1-8(18)23-7-13-15(25-10(3)20)14(24-9(2)19)5-12(6-17)16(13,22)26-11(4)21/h12-15,17,22H,5-7H2,1-4H3/t12?,13?,14?,15-,16?/m1/s1. The predicted molar refractivity (Wildman–Crippen MR) is 83.1 cm³/mol. The van der Waals surface area contributed by atoms with Crippen molar-refractivity contribution in [2.24, 2.45) is 11.8 Å². The van der Waals surface area contributed by atoms with Gasteiger partial charge in [-0.25, -0.2) is 0 Å². The topological polar surface area (TPSA) is 146 Å². The highest BCUT2D eigenvalue weighted by atomic mass is 16.7. The zero-order valence-electron chi connectivity index (χ0n) is 15.1. The minimum absolute atomic E-state index is 0.144. The average Bonchev–Trinajstić information content (AvgIpc) is 2.47. The van der Waals surface area contributed by atoms with E-state index in [1.807, 2.05) is 0 Å². The van der Waals surface area contributed by atoms with Crippen LogP contribution in [0.5, 0.6) is 0 Å². The maximum absolute atomic E-state index is 11.5. The van der Waals surface area contributed by atoms with E-state index in [0.29, 0.717) is 0 Å². The summed E-state index contributed by atoms with van der Waals surface area (Å²) in [7, 11) is 0. The molecule has 1 saturated carbocycles. The summed E-state index contributed by atoms with van der Waals surface area (Å²) in [6.45, 7) is 3.32. The molecule has 0 bridgehead atoms. The first-order valence-electron chi connectivity index (χ1n) is 8.01. The van der Waals surface area contributed by atoms with Gasteiger partial charge in [0.1, 0.15) is 12.7 Å². The van der Waals surface area contributed by atoms with Crippen LogP contribution >= 0.6 is 0 Å². The number of rotatable bonds is 6. The van der Waals surface area contributed by atoms with Crippen molar-refractivity contribution < 1.29 is 48.3 Å². The molecule has 2 N–H and O–H groups in total. The van der Waals surface area contributed by atoms with E-state index in [1.54, 1.807) is 0 Å². The first-order chi connectivity index (χ1) is 12.0. The van der Waals surface area contributed by atoms with E-state index in [2.05, 4.69) is 0 Å². The van der Waals surface area contributed by atoms with E-state index in [9.17, 15) is 29.4 Å². The quantitative estimate of drug-likeness (QED) is 0.346. The Morgan fingerprint density at radius 3 is 1.96 bits per heavy atom. The fourth-order valence-corrected chi connectivity index (χ4v) is 3.07. The first kappa shape index (κ1) is 21.8. The Kier molecular flexibility index (Phi) is 7.52. The number of aliphatic hydroxyl groups is 2. The summed E-state index contributed by atoms with van der Waals surface area (Å²) in [4.78, 5) is 45.6. The van der Waals surface area contributed by atoms with Crippen LogP contribution in [0.4, 0.5) is 0 Å². The second kappa shape index (κ2) is 8.95. The lowest BCUT2D eigenvalue weighted by Crippen LogP contribution is -2.64. The summed E-state index contributed by atoms with van der Waals surface area (Å²) in [6, 6.07) is 0. The van der Waals surface area contributed by atoms with Crippen LogP contribution in [-0.4, -0.2) is 65.3 Å². The lowest BCUT2D eigenvalue weighted by atomic mass is 9.72. The Bertz CT molecular complexity index is 559. The number of hydrogen-bond acceptors (Lipinski definition) is 10. The molecule has 0 radical (unpaired) electrons. The summed E-state index contributed by atoms with van der Waals surface area (Å²) in [5.41, 5.74) is 0. The van der Waals surface area contributed by atoms with Crippen molar-refractivity contribution in [2.45, 2.75) is 52.1 Å². The number of carbonyl (C=O) groups is 4. The van der Waals surface area contributed by atoms with Crippen LogP contribution in [0.25, 0.3) is 0 Å². The number of ether oxygens (including phenoxy) is 4. The molecule has 0 amide bonds. The largest absolute Gasteiger partial charge is 0.465 e. The maximum Gasteiger partial charge on any atom is 0.305 e. The fraction of sp³-hybridized carbons (Fsp3) is 0.750. The minimum atomic E-state index is -2.30. The molecular weight excluding hydrogens is 352 g/mol. The third kappa shape index (κ3) is 5.40. The molecule has 1 rings (SSSR count). The van der Waals surface area contributed by atoms with Gasteiger partial charge >= 0.3 is 23.9 Å². The Balaban J connectivity index is 3.36. The van der Waals surface area contributed by atoms with Gasteiger partial charge in [0.25, 0.3) is 0 Å². The van der Waals surface area contributed by atoms with E-state index >= 15 is 0 Å². The normalized spacial score (nSPS) is 30.8. The van der Waals surface area contributed by atoms with Gasteiger partial charge in [-0.05, 0) is 6.42 Å². The third-order valence-corrected chi connectivity index (χ3v) is 4.01. The number of carbonyl (C=O) groups excluding carboxylic acids is 4. The second-order valence-corrected chi connectivity index (χ2v) is 6.09. The molecule has 0 aromatic rings. The van der Waals surface area contributed by atoms with Crippen molar-refractivity contribution in [3.05, 3.63) is 0 Å². The van der Waals surface area contributed by atoms with Gasteiger partial charge in [-0.1, -0.05) is 0 Å². The van der Waals surface area contributed by atoms with E-state index in [1.165, 1.54) is 0 Å². The SMILES string of the molecule is CC(=O)OCC1[C@@H](OC(C)=O)C(OC(C)=O)CC(CO)C1(O)OC(C)=O. The Morgan fingerprint density at radius 1 is 0.962 bits per heavy atom. The van der Waals surface area contributed by atoms with E-state index in [0.717, 1.165) is 27.7 Å². The molecule has 10 heteroatoms. The summed E-state index contributed by atoms with van der Waals surface area (Å²) >= 11 is 0. The van der Waals surface area contributed by atoms with Crippen molar-refractivity contribution in [3.63, 3.8) is 0 Å². The van der Waals surface area contributed by atoms with Gasteiger partial charge in [0, 0.05) is 27.7 Å². The molecule has 5 atom stereocenters. The van der Waals surface area contributed by atoms with Crippen LogP contribution in [-0.2, 0) is 38.1 Å². The lowest BCUT2D eigenvalue weighted by molar-refractivity contribution is -0.308.